The predicted octanol–water partition coefficient (Wildman–Crippen LogP) is 4.37. The average Bonchev–Trinajstić information content (AvgIpc) is 2.80. The smallest absolute Gasteiger partial charge is 0.147 e. The Labute approximate surface area is 123 Å². The molecule has 0 aromatic heterocycles. The van der Waals surface area contributed by atoms with Gasteiger partial charge in [0.05, 0.1) is 22.2 Å². The summed E-state index contributed by atoms with van der Waals surface area (Å²) in [5, 5.41) is 0. The third-order valence-electron chi connectivity index (χ3n) is 2.70. The van der Waals surface area contributed by atoms with Crippen LogP contribution in [-0.2, 0) is 10.6 Å². The van der Waals surface area contributed by atoms with E-state index in [0.717, 1.165) is 39.9 Å². The number of alkyl halides is 1. The van der Waals surface area contributed by atoms with E-state index in [1.54, 1.807) is 0 Å². The summed E-state index contributed by atoms with van der Waals surface area (Å²) >= 11 is 12.8. The van der Waals surface area contributed by atoms with Crippen LogP contribution in [0.2, 0.25) is 0 Å². The van der Waals surface area contributed by atoms with Crippen molar-refractivity contribution in [3.63, 3.8) is 0 Å². The summed E-state index contributed by atoms with van der Waals surface area (Å²) in [7, 11) is 0. The summed E-state index contributed by atoms with van der Waals surface area (Å²) in [5.74, 6) is 1.83. The topological polar surface area (TPSA) is 18.5 Å². The van der Waals surface area contributed by atoms with Crippen LogP contribution in [-0.4, -0.2) is 19.8 Å². The molecule has 1 aliphatic heterocycles. The summed E-state index contributed by atoms with van der Waals surface area (Å²) in [5.41, 5.74) is 1.06. The van der Waals surface area contributed by atoms with Crippen molar-refractivity contribution in [2.24, 2.45) is 5.92 Å². The number of benzene rings is 1. The molecule has 1 aromatic carbocycles. The zero-order valence-corrected chi connectivity index (χ0v) is 13.1. The highest BCUT2D eigenvalue weighted by molar-refractivity contribution is 9.11. The van der Waals surface area contributed by atoms with Crippen molar-refractivity contribution >= 4 is 43.5 Å². The second kappa shape index (κ2) is 6.41. The van der Waals surface area contributed by atoms with Crippen LogP contribution in [0.5, 0.6) is 5.75 Å². The van der Waals surface area contributed by atoms with Crippen LogP contribution in [0.25, 0.3) is 0 Å². The number of hydrogen-bond donors (Lipinski definition) is 0. The quantitative estimate of drug-likeness (QED) is 0.718. The Morgan fingerprint density at radius 2 is 2.06 bits per heavy atom. The molecule has 2 nitrogen and oxygen atoms in total. The molecular weight excluding hydrogens is 371 g/mol. The number of halogens is 3. The van der Waals surface area contributed by atoms with Crippen molar-refractivity contribution in [1.82, 2.24) is 0 Å². The van der Waals surface area contributed by atoms with E-state index in [4.69, 9.17) is 21.1 Å². The lowest BCUT2D eigenvalue weighted by atomic mass is 10.1. The van der Waals surface area contributed by atoms with Crippen LogP contribution >= 0.6 is 43.5 Å². The Bertz CT molecular complexity index is 369. The van der Waals surface area contributed by atoms with Crippen molar-refractivity contribution in [3.8, 4) is 5.75 Å². The minimum absolute atomic E-state index is 0.494. The number of rotatable bonds is 4. The second-order valence-electron chi connectivity index (χ2n) is 4.06. The molecule has 1 fully saturated rings. The summed E-state index contributed by atoms with van der Waals surface area (Å²) < 4.78 is 13.0. The van der Waals surface area contributed by atoms with E-state index in [2.05, 4.69) is 31.9 Å². The molecule has 2 rings (SSSR count). The van der Waals surface area contributed by atoms with Crippen LogP contribution in [0.4, 0.5) is 0 Å². The molecular formula is C12H13Br2ClO2. The first-order valence-electron chi connectivity index (χ1n) is 5.45. The molecule has 0 radical (unpaired) electrons. The highest BCUT2D eigenvalue weighted by Crippen LogP contribution is 2.35. The van der Waals surface area contributed by atoms with Crippen molar-refractivity contribution in [1.29, 1.82) is 0 Å². The maximum atomic E-state index is 5.83. The van der Waals surface area contributed by atoms with Crippen molar-refractivity contribution in [2.75, 3.05) is 19.8 Å². The molecule has 0 saturated carbocycles. The first-order chi connectivity index (χ1) is 8.20. The van der Waals surface area contributed by atoms with E-state index in [0.29, 0.717) is 18.4 Å². The van der Waals surface area contributed by atoms with E-state index in [1.165, 1.54) is 0 Å². The Morgan fingerprint density at radius 3 is 2.59 bits per heavy atom. The van der Waals surface area contributed by atoms with Gasteiger partial charge >= 0.3 is 0 Å². The fraction of sp³-hybridized carbons (Fsp3) is 0.500. The van der Waals surface area contributed by atoms with Crippen LogP contribution in [0.3, 0.4) is 0 Å². The van der Waals surface area contributed by atoms with E-state index < -0.39 is 0 Å². The van der Waals surface area contributed by atoms with Crippen LogP contribution in [0.15, 0.2) is 21.1 Å². The molecule has 0 spiro atoms. The Balaban J connectivity index is 2.04. The third kappa shape index (κ3) is 3.60. The van der Waals surface area contributed by atoms with Crippen LogP contribution < -0.4 is 4.74 Å². The zero-order valence-electron chi connectivity index (χ0n) is 9.22. The van der Waals surface area contributed by atoms with Gasteiger partial charge in [-0.1, -0.05) is 0 Å². The Morgan fingerprint density at radius 1 is 1.35 bits per heavy atom. The van der Waals surface area contributed by atoms with Gasteiger partial charge in [0.2, 0.25) is 0 Å². The molecule has 94 valence electrons. The summed E-state index contributed by atoms with van der Waals surface area (Å²) in [6.45, 7) is 2.34. The monoisotopic (exact) mass is 382 g/mol. The maximum Gasteiger partial charge on any atom is 0.147 e. The maximum absolute atomic E-state index is 5.83. The average molecular weight is 384 g/mol. The standard InChI is InChI=1S/C12H13Br2ClO2/c13-10-3-9(5-15)4-11(14)12(10)17-7-8-1-2-16-6-8/h3-4,8H,1-2,5-7H2. The van der Waals surface area contributed by atoms with E-state index >= 15 is 0 Å². The van der Waals surface area contributed by atoms with Gasteiger partial charge in [-0.25, -0.2) is 0 Å². The zero-order chi connectivity index (χ0) is 12.3. The number of hydrogen-bond acceptors (Lipinski definition) is 2. The van der Waals surface area contributed by atoms with Gasteiger partial charge in [0.1, 0.15) is 5.75 Å². The molecule has 1 saturated heterocycles. The van der Waals surface area contributed by atoms with Gasteiger partial charge in [-0.2, -0.15) is 0 Å². The highest BCUT2D eigenvalue weighted by atomic mass is 79.9. The summed E-state index contributed by atoms with van der Waals surface area (Å²) in [6.07, 6.45) is 1.08. The molecule has 1 unspecified atom stereocenters. The van der Waals surface area contributed by atoms with Gasteiger partial charge in [0, 0.05) is 18.4 Å². The molecule has 0 aliphatic carbocycles. The molecule has 1 aliphatic rings. The van der Waals surface area contributed by atoms with Crippen molar-refractivity contribution < 1.29 is 9.47 Å². The van der Waals surface area contributed by atoms with E-state index in [9.17, 15) is 0 Å². The minimum Gasteiger partial charge on any atom is -0.491 e. The predicted molar refractivity (Wildman–Crippen MR) is 75.8 cm³/mol. The van der Waals surface area contributed by atoms with Gasteiger partial charge in [-0.15, -0.1) is 11.6 Å². The second-order valence-corrected chi connectivity index (χ2v) is 6.04. The fourth-order valence-corrected chi connectivity index (χ4v) is 3.41. The molecule has 1 heterocycles. The van der Waals surface area contributed by atoms with Gasteiger partial charge in [0.25, 0.3) is 0 Å². The fourth-order valence-electron chi connectivity index (χ4n) is 1.74. The lowest BCUT2D eigenvalue weighted by molar-refractivity contribution is 0.166. The van der Waals surface area contributed by atoms with Crippen molar-refractivity contribution in [3.05, 3.63) is 26.6 Å². The normalized spacial score (nSPS) is 19.6. The summed E-state index contributed by atoms with van der Waals surface area (Å²) in [4.78, 5) is 0. The van der Waals surface area contributed by atoms with E-state index in [-0.39, 0.29) is 0 Å². The van der Waals surface area contributed by atoms with Crippen molar-refractivity contribution in [2.45, 2.75) is 12.3 Å². The molecule has 1 atom stereocenters. The minimum atomic E-state index is 0.494. The van der Waals surface area contributed by atoms with Gasteiger partial charge in [0.15, 0.2) is 0 Å². The molecule has 1 aromatic rings. The third-order valence-corrected chi connectivity index (χ3v) is 4.19. The molecule has 0 amide bonds. The number of ether oxygens (including phenoxy) is 2. The first kappa shape index (κ1) is 13.7. The lowest BCUT2D eigenvalue weighted by Gasteiger charge is -2.14. The molecule has 0 bridgehead atoms. The van der Waals surface area contributed by atoms with Crippen LogP contribution in [0, 0.1) is 5.92 Å². The Kier molecular flexibility index (Phi) is 5.15. The lowest BCUT2D eigenvalue weighted by Crippen LogP contribution is -2.12. The van der Waals surface area contributed by atoms with Gasteiger partial charge in [-0.3, -0.25) is 0 Å². The molecule has 0 N–H and O–H groups in total. The molecule has 5 heteroatoms. The SMILES string of the molecule is ClCc1cc(Br)c(OCC2CCOC2)c(Br)c1. The Hall–Kier alpha value is 0.230. The molecule has 17 heavy (non-hydrogen) atoms. The largest absolute Gasteiger partial charge is 0.491 e. The highest BCUT2D eigenvalue weighted by Gasteiger charge is 2.17. The summed E-state index contributed by atoms with van der Waals surface area (Å²) in [6, 6.07) is 3.97. The van der Waals surface area contributed by atoms with Crippen LogP contribution in [0.1, 0.15) is 12.0 Å². The first-order valence-corrected chi connectivity index (χ1v) is 7.57. The van der Waals surface area contributed by atoms with E-state index in [1.807, 2.05) is 12.1 Å². The van der Waals surface area contributed by atoms with Gasteiger partial charge < -0.3 is 9.47 Å². The van der Waals surface area contributed by atoms with Gasteiger partial charge in [-0.05, 0) is 56.0 Å².